The number of nitrogens with one attached hydrogen (secondary N) is 1. The minimum absolute atomic E-state index is 0.136. The van der Waals surface area contributed by atoms with Crippen LogP contribution in [-0.2, 0) is 4.79 Å². The van der Waals surface area contributed by atoms with E-state index in [1.165, 1.54) is 17.8 Å². The predicted octanol–water partition coefficient (Wildman–Crippen LogP) is 5.60. The lowest BCUT2D eigenvalue weighted by Gasteiger charge is -2.33. The maximum atomic E-state index is 13.8. The van der Waals surface area contributed by atoms with E-state index in [1.54, 1.807) is 29.3 Å². The highest BCUT2D eigenvalue weighted by molar-refractivity contribution is 7.10. The summed E-state index contributed by atoms with van der Waals surface area (Å²) in [6, 6.07) is 14.5. The maximum absolute atomic E-state index is 13.8. The minimum Gasteiger partial charge on any atom is -0.351 e. The van der Waals surface area contributed by atoms with E-state index in [9.17, 15) is 9.59 Å². The summed E-state index contributed by atoms with van der Waals surface area (Å²) in [5.74, 6) is -0.421. The van der Waals surface area contributed by atoms with Crippen LogP contribution in [0.2, 0.25) is 0 Å². The zero-order valence-corrected chi connectivity index (χ0v) is 19.4. The number of carbonyl (C=O) groups excluding carboxylic acids is 2. The van der Waals surface area contributed by atoms with Gasteiger partial charge < -0.3 is 5.32 Å². The molecule has 1 saturated carbocycles. The summed E-state index contributed by atoms with van der Waals surface area (Å²) in [5.41, 5.74) is 3.10. The molecule has 0 bridgehead atoms. The van der Waals surface area contributed by atoms with Gasteiger partial charge in [0.1, 0.15) is 5.69 Å². The molecule has 32 heavy (non-hydrogen) atoms. The van der Waals surface area contributed by atoms with E-state index in [-0.39, 0.29) is 17.9 Å². The second-order valence-electron chi connectivity index (χ2n) is 8.50. The molecule has 0 spiro atoms. The van der Waals surface area contributed by atoms with E-state index in [1.807, 2.05) is 43.5 Å². The summed E-state index contributed by atoms with van der Waals surface area (Å²) in [4.78, 5) is 34.2. The van der Waals surface area contributed by atoms with Gasteiger partial charge in [0.15, 0.2) is 6.04 Å². The number of aromatic nitrogens is 1. The summed E-state index contributed by atoms with van der Waals surface area (Å²) < 4.78 is 0. The van der Waals surface area contributed by atoms with Crippen LogP contribution in [0.5, 0.6) is 0 Å². The molecule has 2 amide bonds. The minimum atomic E-state index is -0.757. The van der Waals surface area contributed by atoms with Crippen molar-refractivity contribution in [2.75, 3.05) is 4.90 Å². The number of hydrogen-bond donors (Lipinski definition) is 1. The van der Waals surface area contributed by atoms with Gasteiger partial charge in [-0.25, -0.2) is 0 Å². The first-order chi connectivity index (χ1) is 15.5. The molecule has 2 aromatic heterocycles. The third-order valence-electron chi connectivity index (χ3n) is 5.86. The predicted molar refractivity (Wildman–Crippen MR) is 129 cm³/mol. The Hall–Kier alpha value is -2.99. The molecule has 1 atom stereocenters. The van der Waals surface area contributed by atoms with Crippen molar-refractivity contribution in [3.8, 4) is 0 Å². The third-order valence-corrected chi connectivity index (χ3v) is 6.78. The van der Waals surface area contributed by atoms with Gasteiger partial charge >= 0.3 is 0 Å². The summed E-state index contributed by atoms with van der Waals surface area (Å²) in [5, 5.41) is 5.19. The van der Waals surface area contributed by atoms with Crippen LogP contribution in [0.4, 0.5) is 5.69 Å². The largest absolute Gasteiger partial charge is 0.351 e. The molecule has 2 heterocycles. The van der Waals surface area contributed by atoms with Crippen molar-refractivity contribution >= 4 is 28.8 Å². The van der Waals surface area contributed by atoms with Gasteiger partial charge in [-0.3, -0.25) is 19.5 Å². The van der Waals surface area contributed by atoms with Crippen molar-refractivity contribution in [3.05, 3.63) is 81.8 Å². The van der Waals surface area contributed by atoms with Gasteiger partial charge in [0.2, 0.25) is 5.91 Å². The monoisotopic (exact) mass is 447 g/mol. The first kappa shape index (κ1) is 22.2. The molecule has 0 unspecified atom stereocenters. The average Bonchev–Trinajstić information content (AvgIpc) is 3.31. The van der Waals surface area contributed by atoms with Crippen molar-refractivity contribution in [2.45, 2.75) is 58.0 Å². The van der Waals surface area contributed by atoms with Crippen molar-refractivity contribution in [1.82, 2.24) is 10.3 Å². The quantitative estimate of drug-likeness (QED) is 0.535. The number of aryl methyl sites for hydroxylation is 2. The van der Waals surface area contributed by atoms with Gasteiger partial charge in [0.25, 0.3) is 5.91 Å². The molecule has 1 N–H and O–H groups in total. The standard InChI is InChI=1S/C26H29N3O2S/c1-18-15-19(2)17-21(16-18)29(26(31)22-11-6-7-13-27-22)24(23-12-8-14-32-23)25(30)28-20-9-4-3-5-10-20/h6-8,11-17,20,24H,3-5,9-10H2,1-2H3,(H,28,30)/t24-/m1/s1. The van der Waals surface area contributed by atoms with Gasteiger partial charge in [-0.05, 0) is 73.5 Å². The lowest BCUT2D eigenvalue weighted by atomic mass is 9.95. The Kier molecular flexibility index (Phi) is 7.00. The van der Waals surface area contributed by atoms with Crippen LogP contribution in [0.3, 0.4) is 0 Å². The fraction of sp³-hybridized carbons (Fsp3) is 0.346. The van der Waals surface area contributed by atoms with E-state index in [2.05, 4.69) is 16.4 Å². The molecular formula is C26H29N3O2S. The van der Waals surface area contributed by atoms with Gasteiger partial charge in [-0.15, -0.1) is 11.3 Å². The Labute approximate surface area is 193 Å². The normalized spacial score (nSPS) is 15.2. The van der Waals surface area contributed by atoms with Gasteiger partial charge in [0, 0.05) is 22.8 Å². The van der Waals surface area contributed by atoms with Crippen LogP contribution < -0.4 is 10.2 Å². The smallest absolute Gasteiger partial charge is 0.277 e. The molecule has 3 aromatic rings. The van der Waals surface area contributed by atoms with E-state index in [0.717, 1.165) is 41.7 Å². The lowest BCUT2D eigenvalue weighted by molar-refractivity contribution is -0.123. The molecule has 1 aromatic carbocycles. The van der Waals surface area contributed by atoms with Crippen molar-refractivity contribution in [3.63, 3.8) is 0 Å². The summed E-state index contributed by atoms with van der Waals surface area (Å²) in [7, 11) is 0. The molecule has 1 aliphatic carbocycles. The Morgan fingerprint density at radius 1 is 1.03 bits per heavy atom. The highest BCUT2D eigenvalue weighted by atomic mass is 32.1. The molecule has 1 fully saturated rings. The van der Waals surface area contributed by atoms with Crippen molar-refractivity contribution < 1.29 is 9.59 Å². The summed E-state index contributed by atoms with van der Waals surface area (Å²) in [6.45, 7) is 4.00. The fourth-order valence-electron chi connectivity index (χ4n) is 4.43. The first-order valence-electron chi connectivity index (χ1n) is 11.2. The topological polar surface area (TPSA) is 62.3 Å². The lowest BCUT2D eigenvalue weighted by Crippen LogP contribution is -2.47. The Morgan fingerprint density at radius 2 is 1.78 bits per heavy atom. The number of anilines is 1. The number of carbonyl (C=O) groups is 2. The second kappa shape index (κ2) is 10.1. The van der Waals surface area contributed by atoms with Crippen LogP contribution in [0.15, 0.2) is 60.1 Å². The van der Waals surface area contributed by atoms with E-state index in [4.69, 9.17) is 0 Å². The molecule has 0 aliphatic heterocycles. The van der Waals surface area contributed by atoms with E-state index < -0.39 is 6.04 Å². The third kappa shape index (κ3) is 5.07. The highest BCUT2D eigenvalue weighted by Crippen LogP contribution is 2.33. The number of thiophene rings is 1. The molecule has 166 valence electrons. The van der Waals surface area contributed by atoms with Gasteiger partial charge in [-0.2, -0.15) is 0 Å². The van der Waals surface area contributed by atoms with Crippen LogP contribution in [0.1, 0.15) is 64.6 Å². The second-order valence-corrected chi connectivity index (χ2v) is 9.48. The summed E-state index contributed by atoms with van der Waals surface area (Å²) in [6.07, 6.45) is 7.05. The summed E-state index contributed by atoms with van der Waals surface area (Å²) >= 11 is 1.49. The average molecular weight is 448 g/mol. The van der Waals surface area contributed by atoms with Gasteiger partial charge in [-0.1, -0.05) is 37.5 Å². The number of benzene rings is 1. The fourth-order valence-corrected chi connectivity index (χ4v) is 5.25. The van der Waals surface area contributed by atoms with Crippen LogP contribution >= 0.6 is 11.3 Å². The van der Waals surface area contributed by atoms with Crippen molar-refractivity contribution in [2.24, 2.45) is 0 Å². The van der Waals surface area contributed by atoms with Crippen LogP contribution in [0.25, 0.3) is 0 Å². The molecule has 0 saturated heterocycles. The zero-order chi connectivity index (χ0) is 22.5. The maximum Gasteiger partial charge on any atom is 0.277 e. The van der Waals surface area contributed by atoms with Crippen LogP contribution in [0, 0.1) is 13.8 Å². The Morgan fingerprint density at radius 3 is 2.41 bits per heavy atom. The number of rotatable bonds is 6. The Bertz CT molecular complexity index is 1040. The van der Waals surface area contributed by atoms with E-state index in [0.29, 0.717) is 11.4 Å². The van der Waals surface area contributed by atoms with E-state index >= 15 is 0 Å². The van der Waals surface area contributed by atoms with Crippen molar-refractivity contribution in [1.29, 1.82) is 0 Å². The molecule has 1 aliphatic rings. The molecular weight excluding hydrogens is 418 g/mol. The molecule has 4 rings (SSSR count). The number of nitrogens with zero attached hydrogens (tertiary/aromatic N) is 2. The SMILES string of the molecule is Cc1cc(C)cc(N(C(=O)c2ccccn2)[C@@H](C(=O)NC2CCCCC2)c2cccs2)c1. The molecule has 0 radical (unpaired) electrons. The molecule has 5 nitrogen and oxygen atoms in total. The van der Waals surface area contributed by atoms with Crippen LogP contribution in [-0.4, -0.2) is 22.8 Å². The van der Waals surface area contributed by atoms with Gasteiger partial charge in [0.05, 0.1) is 0 Å². The zero-order valence-electron chi connectivity index (χ0n) is 18.6. The number of hydrogen-bond acceptors (Lipinski definition) is 4. The molecule has 6 heteroatoms. The number of pyridine rings is 1. The first-order valence-corrected chi connectivity index (χ1v) is 12.1. The highest BCUT2D eigenvalue weighted by Gasteiger charge is 2.35. The number of amides is 2. The Balaban J connectivity index is 1.79.